The summed E-state index contributed by atoms with van der Waals surface area (Å²) >= 11 is 15.8. The van der Waals surface area contributed by atoms with Crippen molar-refractivity contribution in [1.82, 2.24) is 9.97 Å². The van der Waals surface area contributed by atoms with Crippen LogP contribution in [-0.2, 0) is 6.61 Å². The van der Waals surface area contributed by atoms with E-state index in [1.807, 2.05) is 43.3 Å². The van der Waals surface area contributed by atoms with Crippen LogP contribution in [0.15, 0.2) is 53.0 Å². The monoisotopic (exact) mass is 571 g/mol. The van der Waals surface area contributed by atoms with Gasteiger partial charge in [0.15, 0.2) is 11.5 Å². The Morgan fingerprint density at radius 2 is 1.97 bits per heavy atom. The molecule has 9 heteroatoms. The third-order valence-corrected chi connectivity index (χ3v) is 6.27. The van der Waals surface area contributed by atoms with Crippen molar-refractivity contribution in [1.29, 1.82) is 5.26 Å². The van der Waals surface area contributed by atoms with Gasteiger partial charge in [0.2, 0.25) is 0 Å². The highest BCUT2D eigenvalue weighted by atomic mass is 79.9. The minimum Gasteiger partial charge on any atom is -0.497 e. The Hall–Kier alpha value is -3.18. The number of nitrogens with one attached hydrogen (secondary N) is 1. The lowest BCUT2D eigenvalue weighted by Gasteiger charge is -2.15. The van der Waals surface area contributed by atoms with Gasteiger partial charge >= 0.3 is 0 Å². The Morgan fingerprint density at radius 1 is 1.14 bits per heavy atom. The minimum atomic E-state index is 0.232. The zero-order valence-electron chi connectivity index (χ0n) is 18.9. The standard InChI is InChI=1S/C26H20BrCl2N3O3/c1-3-34-24-10-15(9-20(27)25(24)35-14-16-4-5-18(28)11-21(16)29)8-17(13-30)26-31-22-7-6-19(33-2)12-23(22)32-26/h4-12H,3,14H2,1-2H3,(H,31,32)/b17-8-. The Kier molecular flexibility index (Phi) is 7.86. The fourth-order valence-electron chi connectivity index (χ4n) is 3.43. The van der Waals surface area contributed by atoms with Gasteiger partial charge in [-0.1, -0.05) is 29.3 Å². The smallest absolute Gasteiger partial charge is 0.175 e. The number of hydrogen-bond acceptors (Lipinski definition) is 5. The normalized spacial score (nSPS) is 11.4. The number of ether oxygens (including phenoxy) is 3. The lowest BCUT2D eigenvalue weighted by atomic mass is 10.1. The SMILES string of the molecule is CCOc1cc(/C=C(/C#N)c2nc3ccc(OC)cc3[nH]2)cc(Br)c1OCc1ccc(Cl)cc1Cl. The van der Waals surface area contributed by atoms with Crippen LogP contribution in [0.4, 0.5) is 0 Å². The van der Waals surface area contributed by atoms with E-state index in [0.717, 1.165) is 22.2 Å². The number of hydrogen-bond donors (Lipinski definition) is 1. The summed E-state index contributed by atoms with van der Waals surface area (Å²) in [7, 11) is 1.60. The van der Waals surface area contributed by atoms with Crippen molar-refractivity contribution in [3.63, 3.8) is 0 Å². The molecule has 0 atom stereocenters. The Labute approximate surface area is 221 Å². The van der Waals surface area contributed by atoms with E-state index in [2.05, 4.69) is 32.0 Å². The topological polar surface area (TPSA) is 80.2 Å². The van der Waals surface area contributed by atoms with E-state index >= 15 is 0 Å². The molecule has 1 N–H and O–H groups in total. The van der Waals surface area contributed by atoms with E-state index in [1.54, 1.807) is 25.3 Å². The quantitative estimate of drug-likeness (QED) is 0.219. The van der Waals surface area contributed by atoms with E-state index in [1.165, 1.54) is 0 Å². The first kappa shape index (κ1) is 24.9. The number of benzene rings is 3. The first-order chi connectivity index (χ1) is 16.9. The van der Waals surface area contributed by atoms with Crippen molar-refractivity contribution >= 4 is 61.8 Å². The average Bonchev–Trinajstić information content (AvgIpc) is 3.26. The molecule has 0 amide bonds. The van der Waals surface area contributed by atoms with Crippen molar-refractivity contribution in [3.05, 3.63) is 80.0 Å². The number of nitrogens with zero attached hydrogens (tertiary/aromatic N) is 2. The molecule has 0 bridgehead atoms. The zero-order chi connectivity index (χ0) is 24.9. The molecule has 0 fully saturated rings. The number of aromatic nitrogens is 2. The van der Waals surface area contributed by atoms with Crippen molar-refractivity contribution in [2.24, 2.45) is 0 Å². The summed E-state index contributed by atoms with van der Waals surface area (Å²) in [5.74, 6) is 2.23. The number of aromatic amines is 1. The molecule has 0 unspecified atom stereocenters. The minimum absolute atomic E-state index is 0.232. The van der Waals surface area contributed by atoms with Crippen LogP contribution in [-0.4, -0.2) is 23.7 Å². The van der Waals surface area contributed by atoms with E-state index in [9.17, 15) is 5.26 Å². The van der Waals surface area contributed by atoms with Crippen LogP contribution in [0.5, 0.6) is 17.2 Å². The average molecular weight is 573 g/mol. The van der Waals surface area contributed by atoms with Crippen LogP contribution in [0, 0.1) is 11.3 Å². The fraction of sp³-hybridized carbons (Fsp3) is 0.154. The molecule has 4 rings (SSSR count). The van der Waals surface area contributed by atoms with E-state index in [0.29, 0.717) is 49.8 Å². The summed E-state index contributed by atoms with van der Waals surface area (Å²) in [5.41, 5.74) is 3.43. The molecule has 3 aromatic carbocycles. The summed E-state index contributed by atoms with van der Waals surface area (Å²) in [4.78, 5) is 7.72. The van der Waals surface area contributed by atoms with E-state index in [4.69, 9.17) is 37.4 Å². The van der Waals surface area contributed by atoms with Gasteiger partial charge in [-0.3, -0.25) is 0 Å². The first-order valence-electron chi connectivity index (χ1n) is 10.6. The lowest BCUT2D eigenvalue weighted by Crippen LogP contribution is -2.01. The Balaban J connectivity index is 1.66. The van der Waals surface area contributed by atoms with Gasteiger partial charge in [-0.2, -0.15) is 5.26 Å². The molecular weight excluding hydrogens is 553 g/mol. The largest absolute Gasteiger partial charge is 0.497 e. The molecule has 4 aromatic rings. The van der Waals surface area contributed by atoms with E-state index in [-0.39, 0.29) is 6.61 Å². The fourth-order valence-corrected chi connectivity index (χ4v) is 4.46. The first-order valence-corrected chi connectivity index (χ1v) is 12.2. The highest BCUT2D eigenvalue weighted by molar-refractivity contribution is 9.10. The number of methoxy groups -OCH3 is 1. The van der Waals surface area contributed by atoms with Crippen LogP contribution in [0.2, 0.25) is 10.0 Å². The predicted molar refractivity (Wildman–Crippen MR) is 142 cm³/mol. The second kappa shape index (κ2) is 11.0. The number of imidazole rings is 1. The van der Waals surface area contributed by atoms with Gasteiger partial charge in [-0.05, 0) is 70.9 Å². The second-order valence-corrected chi connectivity index (χ2v) is 9.12. The maximum absolute atomic E-state index is 9.83. The molecular formula is C26H20BrCl2N3O3. The van der Waals surface area contributed by atoms with Crippen LogP contribution in [0.3, 0.4) is 0 Å². The molecule has 0 spiro atoms. The summed E-state index contributed by atoms with van der Waals surface area (Å²) in [6.45, 7) is 2.56. The number of nitriles is 1. The molecule has 0 aliphatic rings. The van der Waals surface area contributed by atoms with Crippen molar-refractivity contribution in [3.8, 4) is 23.3 Å². The highest BCUT2D eigenvalue weighted by Crippen LogP contribution is 2.39. The maximum atomic E-state index is 9.83. The molecule has 0 saturated heterocycles. The number of allylic oxidation sites excluding steroid dienone is 1. The summed E-state index contributed by atoms with van der Waals surface area (Å²) in [5, 5.41) is 10.9. The third kappa shape index (κ3) is 5.73. The molecule has 0 aliphatic carbocycles. The Bertz CT molecular complexity index is 1460. The van der Waals surface area contributed by atoms with Crippen LogP contribution < -0.4 is 14.2 Å². The molecule has 0 saturated carbocycles. The van der Waals surface area contributed by atoms with Gasteiger partial charge < -0.3 is 19.2 Å². The zero-order valence-corrected chi connectivity index (χ0v) is 22.0. The van der Waals surface area contributed by atoms with Crippen molar-refractivity contribution in [2.45, 2.75) is 13.5 Å². The molecule has 1 aromatic heterocycles. The van der Waals surface area contributed by atoms with Crippen LogP contribution >= 0.6 is 39.1 Å². The molecule has 178 valence electrons. The number of halogens is 3. The summed E-state index contributed by atoms with van der Waals surface area (Å²) in [6.07, 6.45) is 1.74. The van der Waals surface area contributed by atoms with Crippen molar-refractivity contribution < 1.29 is 14.2 Å². The number of rotatable bonds is 8. The van der Waals surface area contributed by atoms with E-state index < -0.39 is 0 Å². The molecule has 35 heavy (non-hydrogen) atoms. The van der Waals surface area contributed by atoms with Crippen LogP contribution in [0.1, 0.15) is 23.9 Å². The van der Waals surface area contributed by atoms with Gasteiger partial charge in [-0.15, -0.1) is 0 Å². The summed E-state index contributed by atoms with van der Waals surface area (Å²) in [6, 6.07) is 16.6. The predicted octanol–water partition coefficient (Wildman–Crippen LogP) is 7.68. The molecule has 6 nitrogen and oxygen atoms in total. The van der Waals surface area contributed by atoms with Gasteiger partial charge in [0.25, 0.3) is 0 Å². The summed E-state index contributed by atoms with van der Waals surface area (Å²) < 4.78 is 17.8. The lowest BCUT2D eigenvalue weighted by molar-refractivity contribution is 0.267. The van der Waals surface area contributed by atoms with Gasteiger partial charge in [0.1, 0.15) is 24.3 Å². The Morgan fingerprint density at radius 3 is 2.69 bits per heavy atom. The molecule has 0 aliphatic heterocycles. The maximum Gasteiger partial charge on any atom is 0.175 e. The second-order valence-electron chi connectivity index (χ2n) is 7.43. The van der Waals surface area contributed by atoms with Gasteiger partial charge in [0.05, 0.1) is 34.8 Å². The third-order valence-electron chi connectivity index (χ3n) is 5.09. The number of fused-ring (bicyclic) bond motifs is 1. The van der Waals surface area contributed by atoms with Gasteiger partial charge in [0, 0.05) is 21.7 Å². The van der Waals surface area contributed by atoms with Crippen molar-refractivity contribution in [2.75, 3.05) is 13.7 Å². The molecule has 1 heterocycles. The molecule has 0 radical (unpaired) electrons. The van der Waals surface area contributed by atoms with Gasteiger partial charge in [-0.25, -0.2) is 4.98 Å². The highest BCUT2D eigenvalue weighted by Gasteiger charge is 2.15. The van der Waals surface area contributed by atoms with Crippen LogP contribution in [0.25, 0.3) is 22.7 Å². The number of H-pyrrole nitrogens is 1.